The fourth-order valence-electron chi connectivity index (χ4n) is 10.1. The lowest BCUT2D eigenvalue weighted by Crippen LogP contribution is -2.36. The SMILES string of the molecule is CC(=O)c1c(C)c(/C(O)=C2\COc3cc(O)c(O)c(C(=O)O)c3C2=O)cc2c(=O)c3c(C(=O)O)c(O)c(O)cc3oc12.CC(=O)c1c(C)c(C(=O)C2COc3cc(O)c(O)c(C(=O)O)c3C2=O)cc2c(=O)c3c(C(=O)O)c(O)c(O)cc3oc12. The number of Topliss-reactive ketones (excluding diaryl/α,β-unsaturated/α-hetero) is 5. The highest BCUT2D eigenvalue weighted by Crippen LogP contribution is 2.46. The van der Waals surface area contributed by atoms with Gasteiger partial charge in [-0.3, -0.25) is 33.6 Å². The van der Waals surface area contributed by atoms with Crippen molar-refractivity contribution in [3.63, 3.8) is 0 Å². The van der Waals surface area contributed by atoms with Gasteiger partial charge >= 0.3 is 23.9 Å². The van der Waals surface area contributed by atoms with Gasteiger partial charge in [0.2, 0.25) is 16.6 Å². The number of aromatic hydroxyl groups is 8. The number of carboxylic acid groups (broad SMARTS) is 4. The Morgan fingerprint density at radius 1 is 0.476 bits per heavy atom. The lowest BCUT2D eigenvalue weighted by atomic mass is 9.83. The van der Waals surface area contributed by atoms with E-state index in [0.29, 0.717) is 0 Å². The number of benzene rings is 6. The summed E-state index contributed by atoms with van der Waals surface area (Å²) >= 11 is 0. The molecule has 6 aromatic carbocycles. The van der Waals surface area contributed by atoms with Gasteiger partial charge in [0.05, 0.1) is 49.4 Å². The number of hydrogen-bond donors (Lipinski definition) is 13. The molecule has 28 nitrogen and oxygen atoms in total. The zero-order chi connectivity index (χ0) is 61.9. The number of rotatable bonds is 9. The zero-order valence-electron chi connectivity index (χ0n) is 42.9. The van der Waals surface area contributed by atoms with Gasteiger partial charge in [0.1, 0.15) is 81.0 Å². The van der Waals surface area contributed by atoms with Gasteiger partial charge in [0, 0.05) is 35.4 Å². The summed E-state index contributed by atoms with van der Waals surface area (Å²) in [4.78, 5) is 141. The minimum atomic E-state index is -1.79. The molecular weight excluding hydrogens is 1120 g/mol. The van der Waals surface area contributed by atoms with Crippen molar-refractivity contribution in [1.82, 2.24) is 0 Å². The lowest BCUT2D eigenvalue weighted by molar-refractivity contribution is 0.0657. The Kier molecular flexibility index (Phi) is 13.5. The molecule has 2 aromatic heterocycles. The van der Waals surface area contributed by atoms with Crippen LogP contribution in [0, 0.1) is 19.8 Å². The van der Waals surface area contributed by atoms with Crippen molar-refractivity contribution < 1.29 is 128 Å². The van der Waals surface area contributed by atoms with E-state index in [9.17, 15) is 119 Å². The average Bonchev–Trinajstić information content (AvgIpc) is 1.90. The summed E-state index contributed by atoms with van der Waals surface area (Å²) in [6.45, 7) is 3.57. The molecule has 28 heteroatoms. The Morgan fingerprint density at radius 3 is 1.29 bits per heavy atom. The standard InChI is InChI=1S/2C28H18O14/c2*1-7-9(21(32)11-6-41-14-4-12(30)24(35)19(27(37)38)17(14)23(11)34)3-10-22(33)18-15(42-26(10)16(7)8(2)29)5-13(31)25(36)20(18)28(39)40/h3-5,30-32,35-36H,6H2,1-2H3,(H,37,38)(H,39,40);3-5,11,30-31,35-36H,6H2,1-2H3,(H,37,38)(H,39,40)/b21-11-;. The van der Waals surface area contributed by atoms with Crippen molar-refractivity contribution in [2.75, 3.05) is 13.2 Å². The average molecular weight is 1160 g/mol. The van der Waals surface area contributed by atoms with E-state index in [4.69, 9.17) is 18.3 Å². The minimum absolute atomic E-state index is 0.00503. The van der Waals surface area contributed by atoms with E-state index in [1.165, 1.54) is 13.8 Å². The number of ether oxygens (including phenoxy) is 2. The molecule has 0 saturated carbocycles. The Morgan fingerprint density at radius 2 is 0.857 bits per heavy atom. The van der Waals surface area contributed by atoms with Gasteiger partial charge < -0.3 is 84.7 Å². The number of carbonyl (C=O) groups is 9. The predicted molar refractivity (Wildman–Crippen MR) is 281 cm³/mol. The number of aliphatic hydroxyl groups excluding tert-OH is 1. The van der Waals surface area contributed by atoms with Gasteiger partial charge in [-0.05, 0) is 51.0 Å². The molecule has 0 saturated heterocycles. The van der Waals surface area contributed by atoms with Crippen LogP contribution in [-0.2, 0) is 0 Å². The Hall–Kier alpha value is -12.0. The minimum Gasteiger partial charge on any atom is -0.507 e. The second-order valence-corrected chi connectivity index (χ2v) is 18.8. The molecular formula is C56H36O28. The quantitative estimate of drug-likeness (QED) is 0.0198. The fraction of sp³-hybridized carbons (Fsp3) is 0.125. The first-order chi connectivity index (χ1) is 39.3. The second kappa shape index (κ2) is 20.0. The van der Waals surface area contributed by atoms with Gasteiger partial charge in [-0.25, -0.2) is 19.2 Å². The van der Waals surface area contributed by atoms with E-state index in [1.807, 2.05) is 0 Å². The summed E-state index contributed by atoms with van der Waals surface area (Å²) in [5, 5.41) is 127. The van der Waals surface area contributed by atoms with Crippen LogP contribution < -0.4 is 20.3 Å². The number of ketones is 5. The third-order valence-electron chi connectivity index (χ3n) is 13.9. The number of phenols is 8. The van der Waals surface area contributed by atoms with Crippen LogP contribution in [-0.4, -0.2) is 132 Å². The third-order valence-corrected chi connectivity index (χ3v) is 13.9. The van der Waals surface area contributed by atoms with E-state index in [0.717, 1.165) is 50.2 Å². The topological polar surface area (TPSA) is 496 Å². The zero-order valence-corrected chi connectivity index (χ0v) is 42.9. The Bertz CT molecular complexity index is 4680. The normalized spacial score (nSPS) is 14.2. The van der Waals surface area contributed by atoms with Gasteiger partial charge in [0.15, 0.2) is 69.1 Å². The molecule has 0 fully saturated rings. The van der Waals surface area contributed by atoms with Crippen molar-refractivity contribution in [2.45, 2.75) is 27.7 Å². The molecule has 1 atom stereocenters. The highest BCUT2D eigenvalue weighted by atomic mass is 16.5. The molecule has 13 N–H and O–H groups in total. The van der Waals surface area contributed by atoms with E-state index < -0.39 is 212 Å². The molecule has 0 amide bonds. The Labute approximate surface area is 462 Å². The van der Waals surface area contributed by atoms with Crippen LogP contribution in [0.5, 0.6) is 57.5 Å². The number of carbonyl (C=O) groups excluding carboxylic acids is 5. The van der Waals surface area contributed by atoms with Crippen LogP contribution in [0.15, 0.2) is 60.4 Å². The van der Waals surface area contributed by atoms with Crippen molar-refractivity contribution in [3.05, 3.63) is 129 Å². The lowest BCUT2D eigenvalue weighted by Gasteiger charge is -2.25. The summed E-state index contributed by atoms with van der Waals surface area (Å²) in [6.07, 6.45) is 0. The smallest absolute Gasteiger partial charge is 0.340 e. The molecule has 2 aliphatic rings. The van der Waals surface area contributed by atoms with Crippen molar-refractivity contribution >= 4 is 102 Å². The molecule has 2 aliphatic heterocycles. The molecule has 0 radical (unpaired) electrons. The van der Waals surface area contributed by atoms with Crippen LogP contribution in [0.4, 0.5) is 0 Å². The highest BCUT2D eigenvalue weighted by Gasteiger charge is 2.42. The molecule has 428 valence electrons. The second-order valence-electron chi connectivity index (χ2n) is 18.8. The van der Waals surface area contributed by atoms with Crippen LogP contribution >= 0.6 is 0 Å². The van der Waals surface area contributed by atoms with Crippen LogP contribution in [0.25, 0.3) is 49.6 Å². The number of phenolic OH excluding ortho intramolecular Hbond substituents is 4. The molecule has 84 heavy (non-hydrogen) atoms. The number of hydrogen-bond acceptors (Lipinski definition) is 24. The number of carboxylic acids is 4. The summed E-state index contributed by atoms with van der Waals surface area (Å²) in [6, 6.07) is 5.20. The van der Waals surface area contributed by atoms with Crippen molar-refractivity contribution in [2.24, 2.45) is 5.92 Å². The monoisotopic (exact) mass is 1160 g/mol. The molecule has 10 rings (SSSR count). The van der Waals surface area contributed by atoms with Crippen LogP contribution in [0.1, 0.15) is 124 Å². The molecule has 0 spiro atoms. The summed E-state index contributed by atoms with van der Waals surface area (Å²) in [5.74, 6) is -23.1. The van der Waals surface area contributed by atoms with Gasteiger partial charge in [-0.1, -0.05) is 0 Å². The first kappa shape index (κ1) is 56.7. The predicted octanol–water partition coefficient (Wildman–Crippen LogP) is 5.97. The molecule has 4 heterocycles. The molecule has 8 aromatic rings. The van der Waals surface area contributed by atoms with Gasteiger partial charge in [0.25, 0.3) is 0 Å². The maximum Gasteiger partial charge on any atom is 0.340 e. The maximum absolute atomic E-state index is 13.8. The first-order valence-corrected chi connectivity index (χ1v) is 23.8. The fourth-order valence-corrected chi connectivity index (χ4v) is 10.1. The number of aliphatic hydroxyl groups is 1. The Balaban J connectivity index is 0.000000202. The maximum atomic E-state index is 13.8. The largest absolute Gasteiger partial charge is 0.507 e. The first-order valence-electron chi connectivity index (χ1n) is 23.8. The van der Waals surface area contributed by atoms with E-state index >= 15 is 0 Å². The van der Waals surface area contributed by atoms with Crippen LogP contribution in [0.3, 0.4) is 0 Å². The molecule has 0 aliphatic carbocycles. The highest BCUT2D eigenvalue weighted by molar-refractivity contribution is 6.24. The third kappa shape index (κ3) is 8.51. The van der Waals surface area contributed by atoms with E-state index in [2.05, 4.69) is 0 Å². The summed E-state index contributed by atoms with van der Waals surface area (Å²) in [7, 11) is 0. The van der Waals surface area contributed by atoms with Gasteiger partial charge in [-0.15, -0.1) is 0 Å². The van der Waals surface area contributed by atoms with Gasteiger partial charge in [-0.2, -0.15) is 0 Å². The summed E-state index contributed by atoms with van der Waals surface area (Å²) < 4.78 is 22.1. The van der Waals surface area contributed by atoms with Crippen molar-refractivity contribution in [1.29, 1.82) is 0 Å². The van der Waals surface area contributed by atoms with Crippen molar-refractivity contribution in [3.8, 4) is 57.5 Å². The van der Waals surface area contributed by atoms with E-state index in [-0.39, 0.29) is 50.3 Å². The molecule has 0 bridgehead atoms. The van der Waals surface area contributed by atoms with Crippen LogP contribution in [0.2, 0.25) is 0 Å². The molecule has 1 unspecified atom stereocenters. The summed E-state index contributed by atoms with van der Waals surface area (Å²) in [5.41, 5.74) is -10.9. The number of aromatic carboxylic acids is 4. The number of fused-ring (bicyclic) bond motifs is 6. The van der Waals surface area contributed by atoms with E-state index in [1.54, 1.807) is 0 Å².